The van der Waals surface area contributed by atoms with E-state index in [1.807, 2.05) is 27.7 Å². The molecule has 0 saturated carbocycles. The fourth-order valence-electron chi connectivity index (χ4n) is 0.753. The summed E-state index contributed by atoms with van der Waals surface area (Å²) in [5.74, 6) is 0. The van der Waals surface area contributed by atoms with Gasteiger partial charge in [-0.05, 0) is 40.5 Å². The molecule has 0 aliphatic rings. The van der Waals surface area contributed by atoms with Crippen LogP contribution >= 0.6 is 6.12 Å². The Kier molecular flexibility index (Phi) is 9.67. The molecule has 0 atom stereocenters. The second-order valence-corrected chi connectivity index (χ2v) is 9.69. The summed E-state index contributed by atoms with van der Waals surface area (Å²) in [5.41, 5.74) is -0.581. The Balaban J connectivity index is 0. The SMILES string of the molecule is CCC(C)(C)O[P+]([S-])([S-])OC(C)(C)CC.[Na+]. The van der Waals surface area contributed by atoms with Gasteiger partial charge in [0.1, 0.15) is 11.2 Å². The largest absolute Gasteiger partial charge is 1.00 e. The van der Waals surface area contributed by atoms with E-state index >= 15 is 0 Å². The predicted molar refractivity (Wildman–Crippen MR) is 72.6 cm³/mol. The quantitative estimate of drug-likeness (QED) is 0.415. The predicted octanol–water partition coefficient (Wildman–Crippen LogP) is 1.17. The van der Waals surface area contributed by atoms with E-state index in [9.17, 15) is 0 Å². The molecule has 0 bridgehead atoms. The average molecular weight is 292 g/mol. The Bertz CT molecular complexity index is 191. The maximum Gasteiger partial charge on any atom is 1.00 e. The number of hydrogen-bond donors (Lipinski definition) is 0. The maximum atomic E-state index is 5.73. The number of hydrogen-bond acceptors (Lipinski definition) is 4. The van der Waals surface area contributed by atoms with Gasteiger partial charge in [-0.3, -0.25) is 0 Å². The van der Waals surface area contributed by atoms with Crippen LogP contribution < -0.4 is 29.6 Å². The molecule has 0 saturated heterocycles. The Morgan fingerprint density at radius 1 is 0.875 bits per heavy atom. The van der Waals surface area contributed by atoms with Crippen LogP contribution in [0.4, 0.5) is 0 Å². The average Bonchev–Trinajstić information content (AvgIpc) is 2.00. The summed E-state index contributed by atoms with van der Waals surface area (Å²) >= 11 is 10.5. The van der Waals surface area contributed by atoms with Gasteiger partial charge in [0.2, 0.25) is 0 Å². The standard InChI is InChI=1S/C10H23O2PS2.Na/c1-7-9(3,4)11-13(14,15)12-10(5,6)8-2;/h7-8H2,1-6H3,(H,14,15);/q;+1/p-1. The Morgan fingerprint density at radius 2 is 1.12 bits per heavy atom. The molecule has 16 heavy (non-hydrogen) atoms. The van der Waals surface area contributed by atoms with Crippen LogP contribution in [-0.4, -0.2) is 11.2 Å². The first-order valence-corrected chi connectivity index (χ1v) is 8.91. The Morgan fingerprint density at radius 3 is 1.31 bits per heavy atom. The third-order valence-corrected chi connectivity index (χ3v) is 4.75. The second kappa shape index (κ2) is 7.59. The molecule has 0 amide bonds. The van der Waals surface area contributed by atoms with E-state index in [1.165, 1.54) is 0 Å². The van der Waals surface area contributed by atoms with Crippen molar-refractivity contribution in [3.8, 4) is 0 Å². The van der Waals surface area contributed by atoms with Crippen LogP contribution in [0.3, 0.4) is 0 Å². The Hall–Kier alpha value is 2.05. The molecule has 0 aliphatic carbocycles. The van der Waals surface area contributed by atoms with E-state index in [0.29, 0.717) is 0 Å². The molecule has 6 heteroatoms. The van der Waals surface area contributed by atoms with Gasteiger partial charge in [0.25, 0.3) is 0 Å². The van der Waals surface area contributed by atoms with Crippen molar-refractivity contribution in [3.63, 3.8) is 0 Å². The molecular weight excluding hydrogens is 270 g/mol. The minimum Gasteiger partial charge on any atom is -0.515 e. The summed E-state index contributed by atoms with van der Waals surface area (Å²) in [6.45, 7) is 12.1. The molecule has 0 aromatic carbocycles. The molecule has 2 nitrogen and oxygen atoms in total. The van der Waals surface area contributed by atoms with Crippen molar-refractivity contribution in [3.05, 3.63) is 0 Å². The Labute approximate surface area is 134 Å². The van der Waals surface area contributed by atoms with Crippen LogP contribution in [0, 0.1) is 0 Å². The van der Waals surface area contributed by atoms with Gasteiger partial charge < -0.3 is 24.5 Å². The zero-order chi connectivity index (χ0) is 12.3. The molecule has 92 valence electrons. The van der Waals surface area contributed by atoms with E-state index in [0.717, 1.165) is 12.8 Å². The van der Waals surface area contributed by atoms with E-state index < -0.39 is 6.12 Å². The van der Waals surface area contributed by atoms with Crippen molar-refractivity contribution < 1.29 is 38.6 Å². The van der Waals surface area contributed by atoms with Crippen molar-refractivity contribution in [1.82, 2.24) is 0 Å². The molecule has 0 N–H and O–H groups in total. The summed E-state index contributed by atoms with van der Waals surface area (Å²) in [6, 6.07) is 0. The minimum atomic E-state index is -2.55. The molecule has 0 heterocycles. The summed E-state index contributed by atoms with van der Waals surface area (Å²) in [6.07, 6.45) is -0.806. The molecular formula is C10H22NaO2PS2. The van der Waals surface area contributed by atoms with Crippen LogP contribution in [0.2, 0.25) is 0 Å². The van der Waals surface area contributed by atoms with Gasteiger partial charge in [-0.2, -0.15) is 0 Å². The van der Waals surface area contributed by atoms with Crippen molar-refractivity contribution in [1.29, 1.82) is 0 Å². The van der Waals surface area contributed by atoms with E-state index in [2.05, 4.69) is 13.8 Å². The smallest absolute Gasteiger partial charge is 0.515 e. The fraction of sp³-hybridized carbons (Fsp3) is 1.00. The first-order chi connectivity index (χ1) is 6.54. The summed E-state index contributed by atoms with van der Waals surface area (Å²) in [7, 11) is 0. The minimum absolute atomic E-state index is 0. The summed E-state index contributed by atoms with van der Waals surface area (Å²) in [5, 5.41) is 0. The third-order valence-electron chi connectivity index (χ3n) is 2.42. The van der Waals surface area contributed by atoms with Crippen molar-refractivity contribution in [2.24, 2.45) is 0 Å². The third kappa shape index (κ3) is 9.04. The molecule has 0 spiro atoms. The van der Waals surface area contributed by atoms with Crippen LogP contribution in [0.1, 0.15) is 54.4 Å². The van der Waals surface area contributed by atoms with Crippen molar-refractivity contribution in [2.45, 2.75) is 65.6 Å². The first-order valence-electron chi connectivity index (χ1n) is 5.26. The topological polar surface area (TPSA) is 18.5 Å². The summed E-state index contributed by atoms with van der Waals surface area (Å²) in [4.78, 5) is 0. The zero-order valence-electron chi connectivity index (χ0n) is 11.5. The molecule has 0 rings (SSSR count). The molecule has 0 aliphatic heterocycles. The molecule has 0 aromatic rings. The van der Waals surface area contributed by atoms with E-state index in [1.54, 1.807) is 0 Å². The molecule has 0 fully saturated rings. The van der Waals surface area contributed by atoms with Crippen molar-refractivity contribution >= 4 is 30.6 Å². The monoisotopic (exact) mass is 292 g/mol. The first kappa shape index (κ1) is 20.4. The van der Waals surface area contributed by atoms with Gasteiger partial charge in [-0.15, -0.1) is 0 Å². The van der Waals surface area contributed by atoms with Crippen LogP contribution in [0.5, 0.6) is 0 Å². The normalized spacial score (nSPS) is 13.5. The van der Waals surface area contributed by atoms with Gasteiger partial charge in [0, 0.05) is 6.12 Å². The van der Waals surface area contributed by atoms with Gasteiger partial charge in [0.15, 0.2) is 0 Å². The summed E-state index contributed by atoms with van der Waals surface area (Å²) < 4.78 is 11.5. The van der Waals surface area contributed by atoms with Crippen LogP contribution in [-0.2, 0) is 33.5 Å². The zero-order valence-corrected chi connectivity index (χ0v) is 16.0. The van der Waals surface area contributed by atoms with Gasteiger partial charge in [-0.25, -0.2) is 9.05 Å². The van der Waals surface area contributed by atoms with E-state index in [4.69, 9.17) is 33.5 Å². The second-order valence-electron chi connectivity index (χ2n) is 4.86. The molecule has 0 aromatic heterocycles. The van der Waals surface area contributed by atoms with Crippen LogP contribution in [0.25, 0.3) is 0 Å². The van der Waals surface area contributed by atoms with Gasteiger partial charge in [0.05, 0.1) is 0 Å². The van der Waals surface area contributed by atoms with Crippen LogP contribution in [0.15, 0.2) is 0 Å². The van der Waals surface area contributed by atoms with Gasteiger partial charge in [-0.1, -0.05) is 13.8 Å². The molecule has 0 unspecified atom stereocenters. The van der Waals surface area contributed by atoms with Crippen molar-refractivity contribution in [2.75, 3.05) is 0 Å². The van der Waals surface area contributed by atoms with E-state index in [-0.39, 0.29) is 40.8 Å². The fourth-order valence-corrected chi connectivity index (χ4v) is 4.68. The molecule has 0 radical (unpaired) electrons. The maximum absolute atomic E-state index is 5.73. The van der Waals surface area contributed by atoms with Gasteiger partial charge >= 0.3 is 29.6 Å². The number of rotatable bonds is 6.